The van der Waals surface area contributed by atoms with Crippen LogP contribution in [0, 0.1) is 0 Å². The number of fused-ring (bicyclic) bond motifs is 1. The molecule has 0 unspecified atom stereocenters. The minimum absolute atomic E-state index is 0.376. The van der Waals surface area contributed by atoms with Gasteiger partial charge in [0.2, 0.25) is 5.95 Å². The van der Waals surface area contributed by atoms with E-state index in [0.717, 1.165) is 42.2 Å². The summed E-state index contributed by atoms with van der Waals surface area (Å²) in [5, 5.41) is 3.18. The van der Waals surface area contributed by atoms with Crippen LogP contribution in [0.4, 0.5) is 11.8 Å². The molecule has 1 fully saturated rings. The van der Waals surface area contributed by atoms with Crippen molar-refractivity contribution in [3.63, 3.8) is 0 Å². The molecule has 2 N–H and O–H groups in total. The van der Waals surface area contributed by atoms with Gasteiger partial charge < -0.3 is 10.6 Å². The molecule has 0 aliphatic carbocycles. The third-order valence-electron chi connectivity index (χ3n) is 3.53. The number of aromatic nitrogens is 2. The van der Waals surface area contributed by atoms with E-state index in [2.05, 4.69) is 38.1 Å². The maximum Gasteiger partial charge on any atom is 0.223 e. The molecule has 2 aromatic heterocycles. The number of anilines is 2. The van der Waals surface area contributed by atoms with Crippen LogP contribution in [0.5, 0.6) is 0 Å². The zero-order valence-electron chi connectivity index (χ0n) is 11.2. The van der Waals surface area contributed by atoms with Crippen LogP contribution in [0.15, 0.2) is 11.4 Å². The molecule has 0 atom stereocenters. The summed E-state index contributed by atoms with van der Waals surface area (Å²) in [5.41, 5.74) is 5.81. The Morgan fingerprint density at radius 2 is 2.05 bits per heavy atom. The van der Waals surface area contributed by atoms with Crippen LogP contribution in [0.1, 0.15) is 13.3 Å². The lowest BCUT2D eigenvalue weighted by Crippen LogP contribution is -2.46. The Bertz CT molecular complexity index is 559. The Kier molecular flexibility index (Phi) is 3.52. The molecule has 5 nitrogen and oxygen atoms in total. The summed E-state index contributed by atoms with van der Waals surface area (Å²) in [6.45, 7) is 7.65. The van der Waals surface area contributed by atoms with Crippen LogP contribution in [0.2, 0.25) is 0 Å². The third-order valence-corrected chi connectivity index (χ3v) is 4.34. The van der Waals surface area contributed by atoms with Crippen LogP contribution >= 0.6 is 11.3 Å². The fraction of sp³-hybridized carbons (Fsp3) is 0.538. The molecule has 0 aromatic carbocycles. The van der Waals surface area contributed by atoms with E-state index in [1.54, 1.807) is 11.3 Å². The number of nitrogens with two attached hydrogens (primary N) is 1. The minimum Gasteiger partial charge on any atom is -0.368 e. The zero-order valence-corrected chi connectivity index (χ0v) is 12.0. The standard InChI is InChI=1S/C13H19N5S/c1-2-4-17-5-7-18(8-6-17)11-10-3-9-19-12(10)16-13(14)15-11/h3,9H,2,4-8H2,1H3,(H2,14,15,16). The number of hydrogen-bond donors (Lipinski definition) is 1. The van der Waals surface area contributed by atoms with Gasteiger partial charge in [-0.25, -0.2) is 4.98 Å². The van der Waals surface area contributed by atoms with Crippen molar-refractivity contribution in [3.05, 3.63) is 11.4 Å². The maximum absolute atomic E-state index is 5.81. The molecule has 3 rings (SSSR count). The lowest BCUT2D eigenvalue weighted by molar-refractivity contribution is 0.258. The first-order chi connectivity index (χ1) is 9.28. The van der Waals surface area contributed by atoms with Crippen molar-refractivity contribution >= 4 is 33.3 Å². The highest BCUT2D eigenvalue weighted by Crippen LogP contribution is 2.28. The van der Waals surface area contributed by atoms with Crippen LogP contribution in [0.3, 0.4) is 0 Å². The maximum atomic E-state index is 5.81. The SMILES string of the molecule is CCCN1CCN(c2nc(N)nc3sccc23)CC1. The number of piperazine rings is 1. The largest absolute Gasteiger partial charge is 0.368 e. The Morgan fingerprint density at radius 1 is 1.26 bits per heavy atom. The highest BCUT2D eigenvalue weighted by atomic mass is 32.1. The quantitative estimate of drug-likeness (QED) is 0.927. The van der Waals surface area contributed by atoms with Gasteiger partial charge in [-0.3, -0.25) is 4.90 Å². The summed E-state index contributed by atoms with van der Waals surface area (Å²) in [6, 6.07) is 2.09. The monoisotopic (exact) mass is 277 g/mol. The summed E-state index contributed by atoms with van der Waals surface area (Å²) in [7, 11) is 0. The molecule has 0 amide bonds. The average molecular weight is 277 g/mol. The second kappa shape index (κ2) is 5.30. The number of nitrogen functional groups attached to an aromatic ring is 1. The van der Waals surface area contributed by atoms with Crippen molar-refractivity contribution in [2.45, 2.75) is 13.3 Å². The molecule has 6 heteroatoms. The summed E-state index contributed by atoms with van der Waals surface area (Å²) in [5.74, 6) is 1.38. The smallest absolute Gasteiger partial charge is 0.223 e. The highest BCUT2D eigenvalue weighted by molar-refractivity contribution is 7.16. The molecule has 1 saturated heterocycles. The van der Waals surface area contributed by atoms with E-state index in [-0.39, 0.29) is 0 Å². The van der Waals surface area contributed by atoms with E-state index in [9.17, 15) is 0 Å². The summed E-state index contributed by atoms with van der Waals surface area (Å²) in [4.78, 5) is 14.6. The van der Waals surface area contributed by atoms with Crippen molar-refractivity contribution in [2.75, 3.05) is 43.4 Å². The highest BCUT2D eigenvalue weighted by Gasteiger charge is 2.20. The molecule has 0 spiro atoms. The van der Waals surface area contributed by atoms with Gasteiger partial charge in [0.05, 0.1) is 5.39 Å². The topological polar surface area (TPSA) is 58.3 Å². The van der Waals surface area contributed by atoms with Gasteiger partial charge in [-0.2, -0.15) is 4.98 Å². The van der Waals surface area contributed by atoms with E-state index >= 15 is 0 Å². The lowest BCUT2D eigenvalue weighted by atomic mass is 10.2. The molecule has 102 valence electrons. The predicted octanol–water partition coefficient (Wildman–Crippen LogP) is 1.81. The normalized spacial score (nSPS) is 17.2. The van der Waals surface area contributed by atoms with Crippen molar-refractivity contribution in [2.24, 2.45) is 0 Å². The molecule has 0 radical (unpaired) electrons. The Hall–Kier alpha value is -1.40. The molecular formula is C13H19N5S. The van der Waals surface area contributed by atoms with Crippen LogP contribution in [-0.4, -0.2) is 47.6 Å². The van der Waals surface area contributed by atoms with Gasteiger partial charge in [-0.05, 0) is 24.4 Å². The number of thiophene rings is 1. The van der Waals surface area contributed by atoms with E-state index in [0.29, 0.717) is 5.95 Å². The molecule has 3 heterocycles. The number of rotatable bonds is 3. The first kappa shape index (κ1) is 12.6. The number of nitrogens with zero attached hydrogens (tertiary/aromatic N) is 4. The van der Waals surface area contributed by atoms with Crippen LogP contribution in [-0.2, 0) is 0 Å². The molecule has 0 bridgehead atoms. The van der Waals surface area contributed by atoms with Gasteiger partial charge in [0.15, 0.2) is 0 Å². The molecule has 19 heavy (non-hydrogen) atoms. The molecule has 1 aliphatic heterocycles. The van der Waals surface area contributed by atoms with Crippen molar-refractivity contribution in [1.82, 2.24) is 14.9 Å². The van der Waals surface area contributed by atoms with Crippen molar-refractivity contribution in [1.29, 1.82) is 0 Å². The minimum atomic E-state index is 0.376. The zero-order chi connectivity index (χ0) is 13.2. The Morgan fingerprint density at radius 3 is 2.79 bits per heavy atom. The third kappa shape index (κ3) is 2.50. The van der Waals surface area contributed by atoms with Crippen molar-refractivity contribution in [3.8, 4) is 0 Å². The lowest BCUT2D eigenvalue weighted by Gasteiger charge is -2.35. The van der Waals surface area contributed by atoms with E-state index in [1.807, 2.05) is 0 Å². The fourth-order valence-corrected chi connectivity index (χ4v) is 3.36. The van der Waals surface area contributed by atoms with E-state index < -0.39 is 0 Å². The average Bonchev–Trinajstić information content (AvgIpc) is 2.87. The first-order valence-corrected chi connectivity index (χ1v) is 7.64. The molecule has 0 saturated carbocycles. The summed E-state index contributed by atoms with van der Waals surface area (Å²) < 4.78 is 0. The second-order valence-electron chi connectivity index (χ2n) is 4.87. The van der Waals surface area contributed by atoms with Gasteiger partial charge in [-0.15, -0.1) is 11.3 Å². The molecular weight excluding hydrogens is 258 g/mol. The van der Waals surface area contributed by atoms with Gasteiger partial charge in [0.1, 0.15) is 10.6 Å². The van der Waals surface area contributed by atoms with Gasteiger partial charge in [-0.1, -0.05) is 6.92 Å². The van der Waals surface area contributed by atoms with Gasteiger partial charge >= 0.3 is 0 Å². The molecule has 2 aromatic rings. The van der Waals surface area contributed by atoms with Gasteiger partial charge in [0.25, 0.3) is 0 Å². The van der Waals surface area contributed by atoms with Crippen molar-refractivity contribution < 1.29 is 0 Å². The number of hydrogen-bond acceptors (Lipinski definition) is 6. The Labute approximate surface area is 117 Å². The fourth-order valence-electron chi connectivity index (χ4n) is 2.60. The second-order valence-corrected chi connectivity index (χ2v) is 5.77. The van der Waals surface area contributed by atoms with E-state index in [4.69, 9.17) is 5.73 Å². The first-order valence-electron chi connectivity index (χ1n) is 6.76. The Balaban J connectivity index is 1.83. The van der Waals surface area contributed by atoms with E-state index in [1.165, 1.54) is 13.0 Å². The van der Waals surface area contributed by atoms with Crippen LogP contribution < -0.4 is 10.6 Å². The predicted molar refractivity (Wildman–Crippen MR) is 80.8 cm³/mol. The summed E-state index contributed by atoms with van der Waals surface area (Å²) in [6.07, 6.45) is 1.22. The van der Waals surface area contributed by atoms with Gasteiger partial charge in [0, 0.05) is 26.2 Å². The molecule has 1 aliphatic rings. The summed E-state index contributed by atoms with van der Waals surface area (Å²) >= 11 is 1.62. The van der Waals surface area contributed by atoms with Crippen LogP contribution in [0.25, 0.3) is 10.2 Å².